The lowest BCUT2D eigenvalue weighted by atomic mass is 10.0. The second kappa shape index (κ2) is 42.1. The number of carbonyl (C=O) groups excluding carboxylic acids is 2. The molecule has 0 rings (SSSR count). The molecule has 0 aliphatic heterocycles. The molecular formula is C45H86O7. The quantitative estimate of drug-likeness (QED) is 0.0473. The first kappa shape index (κ1) is 50.4. The fourth-order valence-corrected chi connectivity index (χ4v) is 7.00. The number of carboxylic acids is 1. The van der Waals surface area contributed by atoms with Crippen molar-refractivity contribution >= 4 is 17.9 Å². The highest BCUT2D eigenvalue weighted by molar-refractivity contribution is 5.70. The lowest BCUT2D eigenvalue weighted by Crippen LogP contribution is -2.28. The highest BCUT2D eigenvalue weighted by Crippen LogP contribution is 2.17. The Kier molecular flexibility index (Phi) is 40.8. The zero-order valence-corrected chi connectivity index (χ0v) is 34.3. The van der Waals surface area contributed by atoms with Crippen LogP contribution in [0.15, 0.2) is 0 Å². The van der Waals surface area contributed by atoms with E-state index in [2.05, 4.69) is 6.92 Å². The van der Waals surface area contributed by atoms with E-state index in [4.69, 9.17) is 14.6 Å². The number of carboxylic acid groups (broad SMARTS) is 1. The lowest BCUT2D eigenvalue weighted by Gasteiger charge is -2.15. The van der Waals surface area contributed by atoms with E-state index in [-0.39, 0.29) is 25.2 Å². The maximum atomic E-state index is 12.2. The number of esters is 2. The van der Waals surface area contributed by atoms with Crippen LogP contribution in [-0.2, 0) is 23.9 Å². The second-order valence-electron chi connectivity index (χ2n) is 15.6. The molecule has 7 heteroatoms. The van der Waals surface area contributed by atoms with Gasteiger partial charge in [-0.15, -0.1) is 0 Å². The summed E-state index contributed by atoms with van der Waals surface area (Å²) in [5, 5.41) is 18.2. The molecule has 0 amide bonds. The molecule has 0 saturated heterocycles. The third-order valence-electron chi connectivity index (χ3n) is 10.4. The summed E-state index contributed by atoms with van der Waals surface area (Å²) in [5.41, 5.74) is 0. The molecule has 0 bridgehead atoms. The molecule has 7 nitrogen and oxygen atoms in total. The molecule has 52 heavy (non-hydrogen) atoms. The smallest absolute Gasteiger partial charge is 0.306 e. The Labute approximate surface area is 321 Å². The summed E-state index contributed by atoms with van der Waals surface area (Å²) in [5.74, 6) is -1.29. The minimum Gasteiger partial charge on any atom is -0.481 e. The van der Waals surface area contributed by atoms with Crippen molar-refractivity contribution in [1.29, 1.82) is 0 Å². The van der Waals surface area contributed by atoms with Crippen molar-refractivity contribution in [3.05, 3.63) is 0 Å². The van der Waals surface area contributed by atoms with Crippen LogP contribution in [0, 0.1) is 0 Å². The van der Waals surface area contributed by atoms with Gasteiger partial charge in [0.1, 0.15) is 6.61 Å². The maximum absolute atomic E-state index is 12.2. The summed E-state index contributed by atoms with van der Waals surface area (Å²) in [4.78, 5) is 34.8. The van der Waals surface area contributed by atoms with Gasteiger partial charge in [-0.3, -0.25) is 14.4 Å². The molecule has 0 aliphatic rings. The zero-order valence-electron chi connectivity index (χ0n) is 34.3. The predicted octanol–water partition coefficient (Wildman–Crippen LogP) is 13.4. The van der Waals surface area contributed by atoms with Gasteiger partial charge < -0.3 is 19.7 Å². The van der Waals surface area contributed by atoms with E-state index in [1.165, 1.54) is 167 Å². The second-order valence-corrected chi connectivity index (χ2v) is 15.6. The number of hydrogen-bond donors (Lipinski definition) is 2. The highest BCUT2D eigenvalue weighted by Gasteiger charge is 2.16. The fourth-order valence-electron chi connectivity index (χ4n) is 7.00. The number of hydrogen-bond acceptors (Lipinski definition) is 6. The topological polar surface area (TPSA) is 110 Å². The number of ether oxygens (including phenoxy) is 2. The maximum Gasteiger partial charge on any atom is 0.306 e. The van der Waals surface area contributed by atoms with E-state index >= 15 is 0 Å². The minimum absolute atomic E-state index is 0.0745. The molecular weight excluding hydrogens is 652 g/mol. The average Bonchev–Trinajstić information content (AvgIpc) is 3.13. The van der Waals surface area contributed by atoms with Crippen LogP contribution >= 0.6 is 0 Å². The Bertz CT molecular complexity index is 771. The Balaban J connectivity index is 3.45. The van der Waals surface area contributed by atoms with Gasteiger partial charge in [-0.1, -0.05) is 212 Å². The predicted molar refractivity (Wildman–Crippen MR) is 217 cm³/mol. The summed E-state index contributed by atoms with van der Waals surface area (Å²) >= 11 is 0. The molecule has 0 spiro atoms. The Hall–Kier alpha value is -1.63. The van der Waals surface area contributed by atoms with E-state index in [0.717, 1.165) is 57.8 Å². The Morgan fingerprint density at radius 1 is 0.404 bits per heavy atom. The number of rotatable bonds is 43. The molecule has 0 aromatic carbocycles. The van der Waals surface area contributed by atoms with Gasteiger partial charge in [-0.25, -0.2) is 0 Å². The molecule has 2 N–H and O–H groups in total. The van der Waals surface area contributed by atoms with Gasteiger partial charge in [-0.05, 0) is 19.3 Å². The first-order valence-corrected chi connectivity index (χ1v) is 22.7. The van der Waals surface area contributed by atoms with Gasteiger partial charge in [-0.2, -0.15) is 0 Å². The first-order chi connectivity index (χ1) is 25.5. The van der Waals surface area contributed by atoms with Crippen LogP contribution < -0.4 is 0 Å². The van der Waals surface area contributed by atoms with Crippen LogP contribution in [-0.4, -0.2) is 47.4 Å². The molecule has 0 aliphatic carbocycles. The third kappa shape index (κ3) is 41.1. The molecule has 1 atom stereocenters. The van der Waals surface area contributed by atoms with E-state index in [0.29, 0.717) is 19.3 Å². The molecule has 0 saturated carbocycles. The molecule has 0 fully saturated rings. The molecule has 0 aromatic heterocycles. The number of aliphatic carboxylic acids is 1. The standard InChI is InChI=1S/C45H86O7/c1-2-3-4-5-6-7-8-9-10-11-12-13-18-21-24-27-30-33-36-39-45(50)52-42(40-46)41-51-44(49)38-35-32-29-26-23-20-17-15-14-16-19-22-25-28-31-34-37-43(47)48/h42,46H,2-41H2,1H3,(H,47,48). The van der Waals surface area contributed by atoms with Crippen molar-refractivity contribution in [2.45, 2.75) is 257 Å². The highest BCUT2D eigenvalue weighted by atomic mass is 16.6. The SMILES string of the molecule is CCCCCCCCCCCCCCCCCCCCCC(=O)OC(CO)COC(=O)CCCCCCCCCCCCCCCCCCC(=O)O. The van der Waals surface area contributed by atoms with Crippen LogP contribution in [0.25, 0.3) is 0 Å². The molecule has 0 heterocycles. The summed E-state index contributed by atoms with van der Waals surface area (Å²) < 4.78 is 10.6. The van der Waals surface area contributed by atoms with E-state index in [9.17, 15) is 19.5 Å². The van der Waals surface area contributed by atoms with Gasteiger partial charge in [0.2, 0.25) is 0 Å². The monoisotopic (exact) mass is 739 g/mol. The number of aliphatic hydroxyl groups excluding tert-OH is 1. The van der Waals surface area contributed by atoms with Crippen molar-refractivity contribution in [2.75, 3.05) is 13.2 Å². The molecule has 0 aromatic rings. The third-order valence-corrected chi connectivity index (χ3v) is 10.4. The summed E-state index contributed by atoms with van der Waals surface area (Å²) in [6.07, 6.45) is 44.0. The van der Waals surface area contributed by atoms with Crippen LogP contribution in [0.5, 0.6) is 0 Å². The van der Waals surface area contributed by atoms with E-state index in [1.54, 1.807) is 0 Å². The van der Waals surface area contributed by atoms with Crippen LogP contribution in [0.2, 0.25) is 0 Å². The van der Waals surface area contributed by atoms with Crippen LogP contribution in [0.3, 0.4) is 0 Å². The average molecular weight is 739 g/mol. The van der Waals surface area contributed by atoms with Crippen molar-refractivity contribution in [3.63, 3.8) is 0 Å². The van der Waals surface area contributed by atoms with Crippen LogP contribution in [0.1, 0.15) is 251 Å². The van der Waals surface area contributed by atoms with Crippen molar-refractivity contribution in [2.24, 2.45) is 0 Å². The van der Waals surface area contributed by atoms with E-state index in [1.807, 2.05) is 0 Å². The first-order valence-electron chi connectivity index (χ1n) is 22.7. The van der Waals surface area contributed by atoms with Crippen molar-refractivity contribution in [3.8, 4) is 0 Å². The lowest BCUT2D eigenvalue weighted by molar-refractivity contribution is -0.161. The molecule has 0 radical (unpaired) electrons. The van der Waals surface area contributed by atoms with Crippen molar-refractivity contribution < 1.29 is 34.1 Å². The molecule has 308 valence electrons. The molecule has 1 unspecified atom stereocenters. The van der Waals surface area contributed by atoms with E-state index < -0.39 is 12.1 Å². The van der Waals surface area contributed by atoms with Gasteiger partial charge in [0.25, 0.3) is 0 Å². The van der Waals surface area contributed by atoms with Gasteiger partial charge in [0, 0.05) is 19.3 Å². The summed E-state index contributed by atoms with van der Waals surface area (Å²) in [6, 6.07) is 0. The number of carbonyl (C=O) groups is 3. The Morgan fingerprint density at radius 2 is 0.673 bits per heavy atom. The normalized spacial score (nSPS) is 11.9. The largest absolute Gasteiger partial charge is 0.481 e. The number of unbranched alkanes of at least 4 members (excludes halogenated alkanes) is 33. The fraction of sp³-hybridized carbons (Fsp3) is 0.933. The van der Waals surface area contributed by atoms with Gasteiger partial charge in [0.15, 0.2) is 6.10 Å². The zero-order chi connectivity index (χ0) is 38.0. The van der Waals surface area contributed by atoms with Gasteiger partial charge in [0.05, 0.1) is 6.61 Å². The number of aliphatic hydroxyl groups is 1. The Morgan fingerprint density at radius 3 is 0.962 bits per heavy atom. The van der Waals surface area contributed by atoms with Crippen LogP contribution in [0.4, 0.5) is 0 Å². The van der Waals surface area contributed by atoms with Gasteiger partial charge >= 0.3 is 17.9 Å². The van der Waals surface area contributed by atoms with Crippen molar-refractivity contribution in [1.82, 2.24) is 0 Å². The summed E-state index contributed by atoms with van der Waals surface area (Å²) in [6.45, 7) is 1.87. The minimum atomic E-state index is -0.779. The summed E-state index contributed by atoms with van der Waals surface area (Å²) in [7, 11) is 0.